The average molecular weight is 537 g/mol. The Morgan fingerprint density at radius 1 is 1.08 bits per heavy atom. The summed E-state index contributed by atoms with van der Waals surface area (Å²) >= 11 is 0. The van der Waals surface area contributed by atoms with Crippen LogP contribution in [0.5, 0.6) is 0 Å². The largest absolute Gasteiger partial charge is 0.369 e. The van der Waals surface area contributed by atoms with Crippen molar-refractivity contribution in [2.75, 3.05) is 42.5 Å². The number of carbonyl (C=O) groups excluding carboxylic acids is 1. The molecule has 0 atom stereocenters. The number of amides is 1. The number of nitrogens with zero attached hydrogens (tertiary/aromatic N) is 3. The fraction of sp³-hybridized carbons (Fsp3) is 0.414. The van der Waals surface area contributed by atoms with E-state index >= 15 is 0 Å². The number of hydrogen-bond donors (Lipinski definition) is 3. The molecule has 3 aromatic rings. The third-order valence-electron chi connectivity index (χ3n) is 7.45. The summed E-state index contributed by atoms with van der Waals surface area (Å²) in [7, 11) is 0. The van der Waals surface area contributed by atoms with Crippen LogP contribution in [0.25, 0.3) is 11.1 Å². The summed E-state index contributed by atoms with van der Waals surface area (Å²) < 4.78 is 0. The van der Waals surface area contributed by atoms with Crippen molar-refractivity contribution in [2.45, 2.75) is 46.7 Å². The molecule has 0 aliphatic carbocycles. The van der Waals surface area contributed by atoms with Gasteiger partial charge in [-0.3, -0.25) is 9.59 Å². The van der Waals surface area contributed by atoms with E-state index in [1.54, 1.807) is 0 Å². The first-order chi connectivity index (χ1) is 17.8. The van der Waals surface area contributed by atoms with Gasteiger partial charge in [-0.1, -0.05) is 0 Å². The molecule has 0 saturated carbocycles. The second-order valence-corrected chi connectivity index (χ2v) is 10.3. The number of fused-ring (bicyclic) bond motifs is 1. The highest BCUT2D eigenvalue weighted by Crippen LogP contribution is 2.37. The van der Waals surface area contributed by atoms with Crippen molar-refractivity contribution >= 4 is 29.8 Å². The Morgan fingerprint density at radius 2 is 1.84 bits per heavy atom. The fourth-order valence-electron chi connectivity index (χ4n) is 5.44. The molecule has 1 fully saturated rings. The molecular weight excluding hydrogens is 500 g/mol. The molecule has 0 radical (unpaired) electrons. The fourth-order valence-corrected chi connectivity index (χ4v) is 5.44. The summed E-state index contributed by atoms with van der Waals surface area (Å²) in [6.45, 7) is 13.0. The molecule has 4 heterocycles. The lowest BCUT2D eigenvalue weighted by atomic mass is 9.97. The maximum absolute atomic E-state index is 13.5. The summed E-state index contributed by atoms with van der Waals surface area (Å²) in [5.74, 6) is 0.820. The number of carbonyl (C=O) groups is 1. The van der Waals surface area contributed by atoms with E-state index in [1.165, 1.54) is 0 Å². The first-order valence-corrected chi connectivity index (χ1v) is 13.1. The Kier molecular flexibility index (Phi) is 8.43. The molecule has 2 aliphatic heterocycles. The Hall–Kier alpha value is -3.36. The number of anilines is 2. The summed E-state index contributed by atoms with van der Waals surface area (Å²) in [4.78, 5) is 38.2. The van der Waals surface area contributed by atoms with Crippen LogP contribution >= 0.6 is 12.4 Å². The number of nitrogens with one attached hydrogen (secondary N) is 3. The lowest BCUT2D eigenvalue weighted by Crippen LogP contribution is -2.43. The van der Waals surface area contributed by atoms with Crippen LogP contribution in [0.4, 0.5) is 11.5 Å². The quantitative estimate of drug-likeness (QED) is 0.446. The molecule has 1 aromatic carbocycles. The van der Waals surface area contributed by atoms with Gasteiger partial charge in [-0.25, -0.2) is 4.98 Å². The SMILES string of the molecule is Cc1cc(C)c(CNC(=O)c2cc(-c3ccc(N4CCNCC4)nc3)cc3c2CCN3C(C)C)c(=O)[nH]1.Cl. The molecule has 2 aromatic heterocycles. The minimum absolute atomic E-state index is 0. The van der Waals surface area contributed by atoms with Crippen LogP contribution in [0, 0.1) is 13.8 Å². The van der Waals surface area contributed by atoms with Crippen molar-refractivity contribution in [1.29, 1.82) is 0 Å². The average Bonchev–Trinajstić information content (AvgIpc) is 3.32. The van der Waals surface area contributed by atoms with Crippen LogP contribution in [-0.4, -0.2) is 54.6 Å². The van der Waals surface area contributed by atoms with E-state index in [2.05, 4.69) is 57.5 Å². The molecule has 8 nitrogen and oxygen atoms in total. The van der Waals surface area contributed by atoms with Crippen LogP contribution in [0.1, 0.15) is 46.6 Å². The number of rotatable bonds is 6. The number of H-pyrrole nitrogens is 1. The molecule has 5 rings (SSSR count). The van der Waals surface area contributed by atoms with Gasteiger partial charge < -0.3 is 25.4 Å². The lowest BCUT2D eigenvalue weighted by Gasteiger charge is -2.28. The normalized spacial score (nSPS) is 14.9. The molecule has 9 heteroatoms. The van der Waals surface area contributed by atoms with Gasteiger partial charge in [0.25, 0.3) is 11.5 Å². The Balaban J connectivity index is 0.00000336. The van der Waals surface area contributed by atoms with Gasteiger partial charge in [0.05, 0.1) is 0 Å². The number of benzene rings is 1. The second-order valence-electron chi connectivity index (χ2n) is 10.3. The van der Waals surface area contributed by atoms with E-state index in [0.29, 0.717) is 17.2 Å². The van der Waals surface area contributed by atoms with Crippen molar-refractivity contribution in [2.24, 2.45) is 0 Å². The third kappa shape index (κ3) is 5.56. The smallest absolute Gasteiger partial charge is 0.253 e. The summed E-state index contributed by atoms with van der Waals surface area (Å²) in [5, 5.41) is 6.39. The van der Waals surface area contributed by atoms with Crippen LogP contribution in [0.15, 0.2) is 41.3 Å². The van der Waals surface area contributed by atoms with Crippen LogP contribution < -0.4 is 26.0 Å². The number of aromatic nitrogens is 2. The Bertz CT molecular complexity index is 1360. The number of aryl methyl sites for hydroxylation is 2. The van der Waals surface area contributed by atoms with Crippen molar-refractivity contribution in [3.8, 4) is 11.1 Å². The Labute approximate surface area is 230 Å². The van der Waals surface area contributed by atoms with Gasteiger partial charge in [0.1, 0.15) is 5.82 Å². The van der Waals surface area contributed by atoms with Crippen LogP contribution in [0.3, 0.4) is 0 Å². The summed E-state index contributed by atoms with van der Waals surface area (Å²) in [6, 6.07) is 10.6. The maximum Gasteiger partial charge on any atom is 0.253 e. The Morgan fingerprint density at radius 3 is 2.50 bits per heavy atom. The van der Waals surface area contributed by atoms with Gasteiger partial charge in [-0.05, 0) is 81.1 Å². The first kappa shape index (κ1) is 27.7. The molecule has 1 saturated heterocycles. The predicted molar refractivity (Wildman–Crippen MR) is 156 cm³/mol. The highest BCUT2D eigenvalue weighted by Gasteiger charge is 2.27. The summed E-state index contributed by atoms with van der Waals surface area (Å²) in [5.41, 5.74) is 6.92. The summed E-state index contributed by atoms with van der Waals surface area (Å²) in [6.07, 6.45) is 2.73. The topological polar surface area (TPSA) is 93.4 Å². The van der Waals surface area contributed by atoms with Crippen LogP contribution in [0.2, 0.25) is 0 Å². The van der Waals surface area contributed by atoms with Gasteiger partial charge in [0, 0.05) is 79.6 Å². The number of pyridine rings is 2. The number of hydrogen-bond acceptors (Lipinski definition) is 6. The monoisotopic (exact) mass is 536 g/mol. The second kappa shape index (κ2) is 11.6. The van der Waals surface area contributed by atoms with E-state index in [-0.39, 0.29) is 30.4 Å². The molecule has 0 spiro atoms. The van der Waals surface area contributed by atoms with E-state index in [4.69, 9.17) is 4.98 Å². The molecule has 0 unspecified atom stereocenters. The van der Waals surface area contributed by atoms with Crippen molar-refractivity contribution in [3.05, 3.63) is 74.8 Å². The molecular formula is C29H37ClN6O2. The molecule has 2 aliphatic rings. The van der Waals surface area contributed by atoms with Gasteiger partial charge in [0.15, 0.2) is 0 Å². The third-order valence-corrected chi connectivity index (χ3v) is 7.45. The van der Waals surface area contributed by atoms with Crippen molar-refractivity contribution in [3.63, 3.8) is 0 Å². The number of aromatic amines is 1. The number of halogens is 1. The highest BCUT2D eigenvalue weighted by molar-refractivity contribution is 5.99. The van der Waals surface area contributed by atoms with Crippen molar-refractivity contribution < 1.29 is 4.79 Å². The highest BCUT2D eigenvalue weighted by atomic mass is 35.5. The van der Waals surface area contributed by atoms with Crippen LogP contribution in [-0.2, 0) is 13.0 Å². The van der Waals surface area contributed by atoms with E-state index < -0.39 is 0 Å². The molecule has 202 valence electrons. The van der Waals surface area contributed by atoms with Gasteiger partial charge in [-0.15, -0.1) is 12.4 Å². The molecule has 1 amide bonds. The molecule has 3 N–H and O–H groups in total. The molecule has 38 heavy (non-hydrogen) atoms. The van der Waals surface area contributed by atoms with E-state index in [0.717, 1.165) is 78.6 Å². The van der Waals surface area contributed by atoms with Gasteiger partial charge >= 0.3 is 0 Å². The minimum atomic E-state index is -0.159. The zero-order valence-electron chi connectivity index (χ0n) is 22.6. The van der Waals surface area contributed by atoms with E-state index in [1.807, 2.05) is 32.2 Å². The maximum atomic E-state index is 13.5. The molecule has 0 bridgehead atoms. The minimum Gasteiger partial charge on any atom is -0.369 e. The van der Waals surface area contributed by atoms with E-state index in [9.17, 15) is 9.59 Å². The lowest BCUT2D eigenvalue weighted by molar-refractivity contribution is 0.0950. The zero-order chi connectivity index (χ0) is 26.1. The zero-order valence-corrected chi connectivity index (χ0v) is 23.4. The van der Waals surface area contributed by atoms with Gasteiger partial charge in [-0.2, -0.15) is 0 Å². The first-order valence-electron chi connectivity index (χ1n) is 13.1. The van der Waals surface area contributed by atoms with Gasteiger partial charge in [0.2, 0.25) is 0 Å². The number of piperazine rings is 1. The predicted octanol–water partition coefficient (Wildman–Crippen LogP) is 3.59. The van der Waals surface area contributed by atoms with Crippen molar-refractivity contribution in [1.82, 2.24) is 20.6 Å². The standard InChI is InChI=1S/C29H36N6O2.ClH/c1-18(2)35-10-7-23-24(28(36)32-17-25-19(3)13-20(4)33-29(25)37)14-22(15-26(23)35)21-5-6-27(31-16-21)34-11-8-30-9-12-34;/h5-6,13-16,18,30H,7-12,17H2,1-4H3,(H,32,36)(H,33,37);1H.